The van der Waals surface area contributed by atoms with Crippen LogP contribution in [0.4, 0.5) is 0 Å². The molecule has 2 rings (SSSR count). The molecule has 1 N–H and O–H groups in total. The topological polar surface area (TPSA) is 24.5 Å². The van der Waals surface area contributed by atoms with Crippen molar-refractivity contribution in [2.45, 2.75) is 26.8 Å². The van der Waals surface area contributed by atoms with E-state index in [1.165, 1.54) is 11.1 Å². The molecule has 100 valence electrons. The Balaban J connectivity index is 1.95. The molecule has 0 bridgehead atoms. The van der Waals surface area contributed by atoms with Gasteiger partial charge in [-0.2, -0.15) is 0 Å². The van der Waals surface area contributed by atoms with Crippen LogP contribution in [0, 0.1) is 6.92 Å². The van der Waals surface area contributed by atoms with Crippen LogP contribution in [0.25, 0.3) is 0 Å². The van der Waals surface area contributed by atoms with Gasteiger partial charge in [-0.3, -0.25) is 4.90 Å². The van der Waals surface area contributed by atoms with E-state index in [-0.39, 0.29) is 0 Å². The van der Waals surface area contributed by atoms with Crippen molar-refractivity contribution in [2.24, 2.45) is 0 Å². The SMILES string of the molecule is CCCOc1ccc(CN2CCNCC2)c(C)c1. The summed E-state index contributed by atoms with van der Waals surface area (Å²) in [5.74, 6) is 0.999. The highest BCUT2D eigenvalue weighted by Crippen LogP contribution is 2.19. The molecule has 0 spiro atoms. The predicted octanol–water partition coefficient (Wildman–Crippen LogP) is 2.19. The van der Waals surface area contributed by atoms with Gasteiger partial charge in [-0.1, -0.05) is 13.0 Å². The fraction of sp³-hybridized carbons (Fsp3) is 0.600. The Hall–Kier alpha value is -1.06. The summed E-state index contributed by atoms with van der Waals surface area (Å²) in [4.78, 5) is 2.51. The van der Waals surface area contributed by atoms with Gasteiger partial charge < -0.3 is 10.1 Å². The van der Waals surface area contributed by atoms with Gasteiger partial charge in [-0.25, -0.2) is 0 Å². The Morgan fingerprint density at radius 1 is 1.28 bits per heavy atom. The average Bonchev–Trinajstić information content (AvgIpc) is 2.40. The van der Waals surface area contributed by atoms with Crippen LogP contribution < -0.4 is 10.1 Å². The predicted molar refractivity (Wildman–Crippen MR) is 75.1 cm³/mol. The van der Waals surface area contributed by atoms with E-state index in [4.69, 9.17) is 4.74 Å². The number of hydrogen-bond acceptors (Lipinski definition) is 3. The molecule has 1 aromatic rings. The minimum absolute atomic E-state index is 0.802. The first kappa shape index (κ1) is 13.4. The summed E-state index contributed by atoms with van der Waals surface area (Å²) < 4.78 is 5.66. The van der Waals surface area contributed by atoms with Crippen molar-refractivity contribution in [1.82, 2.24) is 10.2 Å². The van der Waals surface area contributed by atoms with Gasteiger partial charge in [0.05, 0.1) is 6.61 Å². The second-order valence-corrected chi connectivity index (χ2v) is 4.96. The molecule has 0 saturated carbocycles. The standard InChI is InChI=1S/C15H24N2O/c1-3-10-18-15-5-4-14(13(2)11-15)12-17-8-6-16-7-9-17/h4-5,11,16H,3,6-10,12H2,1-2H3. The molecule has 0 radical (unpaired) electrons. The zero-order chi connectivity index (χ0) is 12.8. The minimum Gasteiger partial charge on any atom is -0.494 e. The van der Waals surface area contributed by atoms with Crippen LogP contribution >= 0.6 is 0 Å². The first-order valence-corrected chi connectivity index (χ1v) is 6.95. The van der Waals surface area contributed by atoms with Gasteiger partial charge in [0.2, 0.25) is 0 Å². The molecule has 1 aromatic carbocycles. The fourth-order valence-corrected chi connectivity index (χ4v) is 2.27. The summed E-state index contributed by atoms with van der Waals surface area (Å²) in [5, 5.41) is 3.39. The molecule has 0 amide bonds. The smallest absolute Gasteiger partial charge is 0.119 e. The van der Waals surface area contributed by atoms with Gasteiger partial charge in [-0.15, -0.1) is 0 Å². The molecule has 0 unspecified atom stereocenters. The molecule has 1 heterocycles. The Morgan fingerprint density at radius 2 is 2.06 bits per heavy atom. The van der Waals surface area contributed by atoms with E-state index in [1.807, 2.05) is 0 Å². The molecule has 0 aliphatic carbocycles. The van der Waals surface area contributed by atoms with Gasteiger partial charge in [-0.05, 0) is 36.6 Å². The highest BCUT2D eigenvalue weighted by atomic mass is 16.5. The molecule has 3 heteroatoms. The Bertz CT molecular complexity index is 373. The van der Waals surface area contributed by atoms with E-state index in [0.717, 1.165) is 51.5 Å². The highest BCUT2D eigenvalue weighted by molar-refractivity contribution is 5.34. The van der Waals surface area contributed by atoms with Crippen LogP contribution in [0.5, 0.6) is 5.75 Å². The Kier molecular flexibility index (Phi) is 5.02. The van der Waals surface area contributed by atoms with Crippen molar-refractivity contribution in [1.29, 1.82) is 0 Å². The lowest BCUT2D eigenvalue weighted by Gasteiger charge is -2.27. The van der Waals surface area contributed by atoms with E-state index in [2.05, 4.69) is 42.3 Å². The molecular formula is C15H24N2O. The molecule has 1 aliphatic heterocycles. The number of hydrogen-bond donors (Lipinski definition) is 1. The van der Waals surface area contributed by atoms with Crippen LogP contribution in [-0.4, -0.2) is 37.7 Å². The summed E-state index contributed by atoms with van der Waals surface area (Å²) in [6.07, 6.45) is 1.06. The lowest BCUT2D eigenvalue weighted by atomic mass is 10.1. The number of aryl methyl sites for hydroxylation is 1. The van der Waals surface area contributed by atoms with Gasteiger partial charge in [0.1, 0.15) is 5.75 Å². The fourth-order valence-electron chi connectivity index (χ4n) is 2.27. The van der Waals surface area contributed by atoms with E-state index in [9.17, 15) is 0 Å². The molecule has 3 nitrogen and oxygen atoms in total. The third-order valence-corrected chi connectivity index (χ3v) is 3.39. The Labute approximate surface area is 110 Å². The van der Waals surface area contributed by atoms with Crippen molar-refractivity contribution in [3.05, 3.63) is 29.3 Å². The zero-order valence-corrected chi connectivity index (χ0v) is 11.5. The van der Waals surface area contributed by atoms with Crippen LogP contribution in [0.3, 0.4) is 0 Å². The summed E-state index contributed by atoms with van der Waals surface area (Å²) >= 11 is 0. The van der Waals surface area contributed by atoms with Crippen LogP contribution in [-0.2, 0) is 6.54 Å². The monoisotopic (exact) mass is 248 g/mol. The van der Waals surface area contributed by atoms with Crippen molar-refractivity contribution in [3.63, 3.8) is 0 Å². The van der Waals surface area contributed by atoms with Gasteiger partial charge in [0.25, 0.3) is 0 Å². The lowest BCUT2D eigenvalue weighted by molar-refractivity contribution is 0.232. The summed E-state index contributed by atoms with van der Waals surface area (Å²) in [7, 11) is 0. The maximum absolute atomic E-state index is 5.66. The molecule has 1 fully saturated rings. The van der Waals surface area contributed by atoms with Crippen LogP contribution in [0.1, 0.15) is 24.5 Å². The second kappa shape index (κ2) is 6.76. The van der Waals surface area contributed by atoms with E-state index in [1.54, 1.807) is 0 Å². The van der Waals surface area contributed by atoms with Gasteiger partial charge >= 0.3 is 0 Å². The number of ether oxygens (including phenoxy) is 1. The molecule has 1 saturated heterocycles. The first-order chi connectivity index (χ1) is 8.79. The number of piperazine rings is 1. The summed E-state index contributed by atoms with van der Waals surface area (Å²) in [6, 6.07) is 6.47. The number of rotatable bonds is 5. The minimum atomic E-state index is 0.802. The summed E-state index contributed by atoms with van der Waals surface area (Å²) in [5.41, 5.74) is 2.75. The first-order valence-electron chi connectivity index (χ1n) is 6.95. The molecular weight excluding hydrogens is 224 g/mol. The lowest BCUT2D eigenvalue weighted by Crippen LogP contribution is -2.42. The van der Waals surface area contributed by atoms with E-state index < -0.39 is 0 Å². The van der Waals surface area contributed by atoms with Crippen LogP contribution in [0.2, 0.25) is 0 Å². The molecule has 0 atom stereocenters. The maximum atomic E-state index is 5.66. The van der Waals surface area contributed by atoms with Crippen LogP contribution in [0.15, 0.2) is 18.2 Å². The average molecular weight is 248 g/mol. The normalized spacial score (nSPS) is 16.8. The zero-order valence-electron chi connectivity index (χ0n) is 11.5. The number of nitrogens with zero attached hydrogens (tertiary/aromatic N) is 1. The third-order valence-electron chi connectivity index (χ3n) is 3.39. The maximum Gasteiger partial charge on any atom is 0.119 e. The van der Waals surface area contributed by atoms with Crippen molar-refractivity contribution in [3.8, 4) is 5.75 Å². The highest BCUT2D eigenvalue weighted by Gasteiger charge is 2.11. The Morgan fingerprint density at radius 3 is 2.72 bits per heavy atom. The summed E-state index contributed by atoms with van der Waals surface area (Å²) in [6.45, 7) is 10.7. The third kappa shape index (κ3) is 3.72. The quantitative estimate of drug-likeness (QED) is 0.864. The van der Waals surface area contributed by atoms with Gasteiger partial charge in [0, 0.05) is 32.7 Å². The second-order valence-electron chi connectivity index (χ2n) is 4.96. The molecule has 1 aliphatic rings. The molecule has 18 heavy (non-hydrogen) atoms. The van der Waals surface area contributed by atoms with Gasteiger partial charge in [0.15, 0.2) is 0 Å². The molecule has 0 aromatic heterocycles. The number of benzene rings is 1. The van der Waals surface area contributed by atoms with E-state index >= 15 is 0 Å². The van der Waals surface area contributed by atoms with E-state index in [0.29, 0.717) is 0 Å². The van der Waals surface area contributed by atoms with Crippen molar-refractivity contribution in [2.75, 3.05) is 32.8 Å². The van der Waals surface area contributed by atoms with Crippen molar-refractivity contribution >= 4 is 0 Å². The number of nitrogens with one attached hydrogen (secondary N) is 1. The largest absolute Gasteiger partial charge is 0.494 e. The van der Waals surface area contributed by atoms with Crippen molar-refractivity contribution < 1.29 is 4.74 Å².